The standard InChI is InChI=1S/C16H32N2/c1-3-15-8-10-16(13-17,11-9-15)18-12-6-4-5-7-14(18)2/h14-15H,3-13,17H2,1-2H3. The maximum absolute atomic E-state index is 6.23. The van der Waals surface area contributed by atoms with Crippen LogP contribution in [0.4, 0.5) is 0 Å². The van der Waals surface area contributed by atoms with Crippen LogP contribution in [0.3, 0.4) is 0 Å². The molecule has 1 unspecified atom stereocenters. The van der Waals surface area contributed by atoms with Gasteiger partial charge in [0.25, 0.3) is 0 Å². The van der Waals surface area contributed by atoms with Gasteiger partial charge in [-0.1, -0.05) is 26.2 Å². The number of hydrogen-bond donors (Lipinski definition) is 1. The highest BCUT2D eigenvalue weighted by Crippen LogP contribution is 2.39. The number of nitrogens with two attached hydrogens (primary N) is 1. The molecule has 0 aromatic carbocycles. The summed E-state index contributed by atoms with van der Waals surface area (Å²) in [5.41, 5.74) is 6.57. The summed E-state index contributed by atoms with van der Waals surface area (Å²) in [6, 6.07) is 0.745. The van der Waals surface area contributed by atoms with Crippen LogP contribution in [0.5, 0.6) is 0 Å². The third kappa shape index (κ3) is 2.91. The molecule has 106 valence electrons. The van der Waals surface area contributed by atoms with Crippen LogP contribution in [0, 0.1) is 5.92 Å². The molecule has 1 aliphatic heterocycles. The molecule has 2 aliphatic rings. The lowest BCUT2D eigenvalue weighted by Gasteiger charge is -2.50. The van der Waals surface area contributed by atoms with Gasteiger partial charge >= 0.3 is 0 Å². The van der Waals surface area contributed by atoms with Gasteiger partial charge in [-0.25, -0.2) is 0 Å². The Labute approximate surface area is 113 Å². The van der Waals surface area contributed by atoms with Gasteiger partial charge in [-0.15, -0.1) is 0 Å². The molecule has 1 heterocycles. The maximum Gasteiger partial charge on any atom is 0.0334 e. The highest BCUT2D eigenvalue weighted by atomic mass is 15.2. The van der Waals surface area contributed by atoms with Gasteiger partial charge in [0.15, 0.2) is 0 Å². The molecular weight excluding hydrogens is 220 g/mol. The van der Waals surface area contributed by atoms with Crippen molar-refractivity contribution in [2.24, 2.45) is 11.7 Å². The molecule has 0 bridgehead atoms. The lowest BCUT2D eigenvalue weighted by Crippen LogP contribution is -2.58. The van der Waals surface area contributed by atoms with E-state index in [1.165, 1.54) is 64.3 Å². The summed E-state index contributed by atoms with van der Waals surface area (Å²) < 4.78 is 0. The van der Waals surface area contributed by atoms with Crippen LogP contribution in [0.15, 0.2) is 0 Å². The van der Waals surface area contributed by atoms with Gasteiger partial charge in [0.1, 0.15) is 0 Å². The predicted octanol–water partition coefficient (Wildman–Crippen LogP) is 3.55. The Hall–Kier alpha value is -0.0800. The topological polar surface area (TPSA) is 29.3 Å². The van der Waals surface area contributed by atoms with Gasteiger partial charge in [-0.05, 0) is 57.9 Å². The molecule has 2 heteroatoms. The normalized spacial score (nSPS) is 39.5. The fourth-order valence-corrected chi connectivity index (χ4v) is 4.21. The second-order valence-electron chi connectivity index (χ2n) is 6.67. The summed E-state index contributed by atoms with van der Waals surface area (Å²) in [6.07, 6.45) is 12.4. The third-order valence-corrected chi connectivity index (χ3v) is 5.66. The van der Waals surface area contributed by atoms with E-state index in [1.807, 2.05) is 0 Å². The number of nitrogens with zero attached hydrogens (tertiary/aromatic N) is 1. The summed E-state index contributed by atoms with van der Waals surface area (Å²) in [6.45, 7) is 6.92. The molecule has 1 saturated carbocycles. The van der Waals surface area contributed by atoms with Crippen LogP contribution in [-0.2, 0) is 0 Å². The zero-order valence-electron chi connectivity index (χ0n) is 12.5. The first kappa shape index (κ1) is 14.3. The second-order valence-corrected chi connectivity index (χ2v) is 6.67. The minimum absolute atomic E-state index is 0.343. The fourth-order valence-electron chi connectivity index (χ4n) is 4.21. The van der Waals surface area contributed by atoms with Crippen LogP contribution < -0.4 is 5.73 Å². The van der Waals surface area contributed by atoms with E-state index in [2.05, 4.69) is 18.7 Å². The SMILES string of the molecule is CCC1CCC(CN)(N2CCCCCC2C)CC1. The van der Waals surface area contributed by atoms with Gasteiger partial charge in [0.05, 0.1) is 0 Å². The smallest absolute Gasteiger partial charge is 0.0334 e. The number of hydrogen-bond acceptors (Lipinski definition) is 2. The van der Waals surface area contributed by atoms with Crippen molar-refractivity contribution in [3.63, 3.8) is 0 Å². The number of rotatable bonds is 3. The van der Waals surface area contributed by atoms with Crippen LogP contribution in [0.2, 0.25) is 0 Å². The summed E-state index contributed by atoms with van der Waals surface area (Å²) in [5.74, 6) is 0.965. The monoisotopic (exact) mass is 252 g/mol. The van der Waals surface area contributed by atoms with E-state index in [0.29, 0.717) is 5.54 Å². The van der Waals surface area contributed by atoms with Gasteiger partial charge in [-0.2, -0.15) is 0 Å². The molecule has 0 spiro atoms. The van der Waals surface area contributed by atoms with Crippen LogP contribution in [0.25, 0.3) is 0 Å². The van der Waals surface area contributed by atoms with E-state index >= 15 is 0 Å². The van der Waals surface area contributed by atoms with E-state index in [0.717, 1.165) is 18.5 Å². The van der Waals surface area contributed by atoms with Crippen LogP contribution in [-0.4, -0.2) is 29.6 Å². The minimum atomic E-state index is 0.343. The van der Waals surface area contributed by atoms with Gasteiger partial charge < -0.3 is 5.73 Å². The molecule has 2 rings (SSSR count). The number of likely N-dealkylation sites (tertiary alicyclic amines) is 1. The molecule has 0 aromatic rings. The molecule has 18 heavy (non-hydrogen) atoms. The Bertz CT molecular complexity index is 243. The van der Waals surface area contributed by atoms with Gasteiger partial charge in [-0.3, -0.25) is 4.90 Å². The Kier molecular flexibility index (Phi) is 5.08. The molecule has 2 nitrogen and oxygen atoms in total. The third-order valence-electron chi connectivity index (χ3n) is 5.66. The molecule has 2 N–H and O–H groups in total. The lowest BCUT2D eigenvalue weighted by atomic mass is 9.74. The van der Waals surface area contributed by atoms with Gasteiger partial charge in [0.2, 0.25) is 0 Å². The average molecular weight is 252 g/mol. The fraction of sp³-hybridized carbons (Fsp3) is 1.00. The van der Waals surface area contributed by atoms with Crippen molar-refractivity contribution in [3.8, 4) is 0 Å². The first-order valence-corrected chi connectivity index (χ1v) is 8.18. The van der Waals surface area contributed by atoms with Crippen molar-refractivity contribution in [1.82, 2.24) is 4.90 Å². The highest BCUT2D eigenvalue weighted by Gasteiger charge is 2.40. The van der Waals surface area contributed by atoms with E-state index in [9.17, 15) is 0 Å². The van der Waals surface area contributed by atoms with Crippen molar-refractivity contribution in [2.75, 3.05) is 13.1 Å². The average Bonchev–Trinajstić information content (AvgIpc) is 2.64. The molecule has 0 aromatic heterocycles. The summed E-state index contributed by atoms with van der Waals surface area (Å²) in [4.78, 5) is 2.80. The Morgan fingerprint density at radius 3 is 2.44 bits per heavy atom. The summed E-state index contributed by atoms with van der Waals surface area (Å²) in [5, 5.41) is 0. The lowest BCUT2D eigenvalue weighted by molar-refractivity contribution is 0.0143. The Morgan fingerprint density at radius 1 is 1.11 bits per heavy atom. The minimum Gasteiger partial charge on any atom is -0.329 e. The zero-order chi connectivity index (χ0) is 13.0. The quantitative estimate of drug-likeness (QED) is 0.832. The van der Waals surface area contributed by atoms with Crippen LogP contribution in [0.1, 0.15) is 71.6 Å². The van der Waals surface area contributed by atoms with E-state index < -0.39 is 0 Å². The highest BCUT2D eigenvalue weighted by molar-refractivity contribution is 4.98. The molecule has 1 saturated heterocycles. The molecule has 0 radical (unpaired) electrons. The van der Waals surface area contributed by atoms with E-state index in [4.69, 9.17) is 5.73 Å². The van der Waals surface area contributed by atoms with Gasteiger partial charge in [0, 0.05) is 18.1 Å². The summed E-state index contributed by atoms with van der Waals surface area (Å²) in [7, 11) is 0. The van der Waals surface area contributed by atoms with Crippen molar-refractivity contribution in [2.45, 2.75) is 83.2 Å². The first-order chi connectivity index (χ1) is 8.72. The molecule has 1 aliphatic carbocycles. The maximum atomic E-state index is 6.23. The van der Waals surface area contributed by atoms with Crippen molar-refractivity contribution in [1.29, 1.82) is 0 Å². The zero-order valence-corrected chi connectivity index (χ0v) is 12.5. The van der Waals surface area contributed by atoms with Crippen molar-refractivity contribution < 1.29 is 0 Å². The van der Waals surface area contributed by atoms with Crippen molar-refractivity contribution >= 4 is 0 Å². The molecule has 2 fully saturated rings. The van der Waals surface area contributed by atoms with E-state index in [1.54, 1.807) is 0 Å². The van der Waals surface area contributed by atoms with Crippen LogP contribution >= 0.6 is 0 Å². The Balaban J connectivity index is 2.06. The first-order valence-electron chi connectivity index (χ1n) is 8.18. The Morgan fingerprint density at radius 2 is 1.83 bits per heavy atom. The summed E-state index contributed by atoms with van der Waals surface area (Å²) >= 11 is 0. The largest absolute Gasteiger partial charge is 0.329 e. The molecular formula is C16H32N2. The van der Waals surface area contributed by atoms with Crippen molar-refractivity contribution in [3.05, 3.63) is 0 Å². The molecule has 1 atom stereocenters. The second kappa shape index (κ2) is 6.38. The molecule has 0 amide bonds. The predicted molar refractivity (Wildman–Crippen MR) is 78.7 cm³/mol. The van der Waals surface area contributed by atoms with E-state index in [-0.39, 0.29) is 0 Å².